The van der Waals surface area contributed by atoms with E-state index in [1.807, 2.05) is 0 Å². The van der Waals surface area contributed by atoms with E-state index in [1.165, 1.54) is 0 Å². The van der Waals surface area contributed by atoms with Gasteiger partial charge in [0.2, 0.25) is 11.8 Å². The second kappa shape index (κ2) is 25.1. The van der Waals surface area contributed by atoms with E-state index in [2.05, 4.69) is 24.5 Å². The van der Waals surface area contributed by atoms with Crippen LogP contribution in [-0.2, 0) is 42.8 Å². The highest BCUT2D eigenvalue weighted by Gasteiger charge is 2.52. The van der Waals surface area contributed by atoms with Gasteiger partial charge in [-0.1, -0.05) is 69.9 Å². The Morgan fingerprint density at radius 1 is 0.937 bits per heavy atom. The van der Waals surface area contributed by atoms with Crippen molar-refractivity contribution in [2.45, 2.75) is 178 Å². The molecule has 0 saturated carbocycles. The fourth-order valence-electron chi connectivity index (χ4n) is 7.76. The van der Waals surface area contributed by atoms with Gasteiger partial charge in [0.25, 0.3) is 0 Å². The Balaban J connectivity index is 1.45. The zero-order valence-corrected chi connectivity index (χ0v) is 37.4. The fourth-order valence-corrected chi connectivity index (χ4v) is 7.76. The summed E-state index contributed by atoms with van der Waals surface area (Å²) in [5, 5.41) is 55.2. The Kier molecular flexibility index (Phi) is 20.6. The smallest absolute Gasteiger partial charge is 0.339 e. The molecule has 1 aliphatic carbocycles. The van der Waals surface area contributed by atoms with Gasteiger partial charge in [0.15, 0.2) is 12.1 Å². The topological polar surface area (TPSA) is 249 Å². The summed E-state index contributed by atoms with van der Waals surface area (Å²) in [7, 11) is 0. The first-order valence-electron chi connectivity index (χ1n) is 22.4. The lowest BCUT2D eigenvalue weighted by Crippen LogP contribution is -2.59. The number of carbonyl (C=O) groups is 4. The second-order valence-corrected chi connectivity index (χ2v) is 17.4. The fraction of sp³-hybridized carbons (Fsp3) is 0.696. The van der Waals surface area contributed by atoms with Crippen molar-refractivity contribution in [1.29, 1.82) is 0 Å². The van der Waals surface area contributed by atoms with E-state index < -0.39 is 96.8 Å². The summed E-state index contributed by atoms with van der Waals surface area (Å²) in [5.41, 5.74) is 0.344. The molecule has 9 atom stereocenters. The predicted octanol–water partition coefficient (Wildman–Crippen LogP) is 3.12. The Morgan fingerprint density at radius 2 is 1.63 bits per heavy atom. The van der Waals surface area contributed by atoms with E-state index in [9.17, 15) is 44.7 Å². The molecule has 3 aliphatic rings. The van der Waals surface area contributed by atoms with Gasteiger partial charge in [-0.15, -0.1) is 0 Å². The van der Waals surface area contributed by atoms with E-state index in [1.54, 1.807) is 63.3 Å². The summed E-state index contributed by atoms with van der Waals surface area (Å²) in [6.45, 7) is 8.37. The molecule has 9 unspecified atom stereocenters. The lowest BCUT2D eigenvalue weighted by atomic mass is 9.91. The lowest BCUT2D eigenvalue weighted by Gasteiger charge is -2.39. The minimum absolute atomic E-state index is 0.0104. The highest BCUT2D eigenvalue weighted by molar-refractivity contribution is 5.95. The van der Waals surface area contributed by atoms with Crippen LogP contribution in [0.15, 0.2) is 42.0 Å². The van der Waals surface area contributed by atoms with Crippen LogP contribution in [0.2, 0.25) is 0 Å². The molecule has 354 valence electrons. The van der Waals surface area contributed by atoms with E-state index in [0.29, 0.717) is 24.0 Å². The molecule has 0 radical (unpaired) electrons. The normalized spacial score (nSPS) is 26.1. The van der Waals surface area contributed by atoms with E-state index >= 15 is 0 Å². The van der Waals surface area contributed by atoms with Crippen LogP contribution in [0.3, 0.4) is 0 Å². The highest BCUT2D eigenvalue weighted by Crippen LogP contribution is 2.43. The Hall–Kier alpha value is -3.78. The number of aliphatic hydroxyl groups is 5. The number of hydrogen-bond acceptors (Lipinski definition) is 15. The van der Waals surface area contributed by atoms with Crippen LogP contribution in [0, 0.1) is 0 Å². The van der Waals surface area contributed by atoms with Gasteiger partial charge in [-0.25, -0.2) is 4.79 Å². The molecule has 1 aromatic rings. The Morgan fingerprint density at radius 3 is 2.29 bits per heavy atom. The second-order valence-electron chi connectivity index (χ2n) is 17.4. The number of aliphatic hydroxyl groups excluding tert-OH is 5. The maximum Gasteiger partial charge on any atom is 0.339 e. The van der Waals surface area contributed by atoms with Gasteiger partial charge in [-0.3, -0.25) is 14.4 Å². The summed E-state index contributed by atoms with van der Waals surface area (Å²) < 4.78 is 35.9. The number of unbranched alkanes of at least 4 members (excludes halogenated alkanes) is 4. The third-order valence-corrected chi connectivity index (χ3v) is 11.1. The van der Waals surface area contributed by atoms with Crippen molar-refractivity contribution < 1.29 is 73.1 Å². The molecule has 2 heterocycles. The zero-order valence-electron chi connectivity index (χ0n) is 37.4. The number of carbonyl (C=O) groups excluding carboxylic acids is 4. The molecule has 2 aliphatic heterocycles. The van der Waals surface area contributed by atoms with Gasteiger partial charge >= 0.3 is 11.9 Å². The monoisotopic (exact) mass is 890 g/mol. The van der Waals surface area contributed by atoms with Crippen LogP contribution in [0.5, 0.6) is 0 Å². The van der Waals surface area contributed by atoms with Crippen molar-refractivity contribution in [2.75, 3.05) is 26.4 Å². The molecule has 0 aromatic heterocycles. The average molecular weight is 891 g/mol. The average Bonchev–Trinajstić information content (AvgIpc) is 3.62. The quantitative estimate of drug-likeness (QED) is 0.0582. The predicted molar refractivity (Wildman–Crippen MR) is 230 cm³/mol. The molecule has 4 rings (SSSR count). The molecule has 7 N–H and O–H groups in total. The molecule has 0 spiro atoms. The number of rotatable bonds is 24. The molecule has 17 heteroatoms. The van der Waals surface area contributed by atoms with Crippen molar-refractivity contribution in [2.24, 2.45) is 0 Å². The van der Waals surface area contributed by atoms with Crippen molar-refractivity contribution in [3.8, 4) is 0 Å². The third kappa shape index (κ3) is 15.7. The first kappa shape index (κ1) is 51.9. The summed E-state index contributed by atoms with van der Waals surface area (Å²) >= 11 is 0. The number of esters is 2. The Bertz CT molecular complexity index is 1680. The standard InChI is InChI=1S/C46H70N2O15/c1-6-8-12-21-46(22-13-9-7-2)61-34-26-30(42(56)47-23-20-36(51)48-31(27-49)18-19-37(52)62-45(3,4)5)25-33(41(34)63-46)59-43(57)32-17-11-10-15-29(32)16-14-24-58-44-40(55)39(54)38(53)35(28-50)60-44/h10-11,14-17,26,31,33-35,38-41,44,49-50,53-55H,6-9,12-13,18-25,27-28H2,1-5H3,(H,47,56)(H,48,51). The van der Waals surface area contributed by atoms with Crippen LogP contribution in [-0.4, -0.2) is 142 Å². The molecular formula is C46H70N2O15. The minimum Gasteiger partial charge on any atom is -0.460 e. The summed E-state index contributed by atoms with van der Waals surface area (Å²) in [6.07, 6.45) is 2.52. The van der Waals surface area contributed by atoms with Gasteiger partial charge in [-0.2, -0.15) is 0 Å². The highest BCUT2D eigenvalue weighted by atomic mass is 16.8. The number of ether oxygens (including phenoxy) is 6. The van der Waals surface area contributed by atoms with Crippen LogP contribution in [0.1, 0.15) is 128 Å². The first-order chi connectivity index (χ1) is 30.0. The van der Waals surface area contributed by atoms with Gasteiger partial charge in [0.1, 0.15) is 48.3 Å². The SMILES string of the molecule is CCCCCC1(CCCCC)OC2C=C(C(=O)NCCC(=O)NC(CO)CCC(=O)OC(C)(C)C)CC(OC(=O)c3ccccc3C=CCOC3OC(CO)C(O)C(O)C3O)C2O1. The van der Waals surface area contributed by atoms with E-state index in [4.69, 9.17) is 28.4 Å². The lowest BCUT2D eigenvalue weighted by molar-refractivity contribution is -0.298. The molecule has 2 fully saturated rings. The summed E-state index contributed by atoms with van der Waals surface area (Å²) in [4.78, 5) is 52.6. The summed E-state index contributed by atoms with van der Waals surface area (Å²) in [6, 6.07) is 6.04. The maximum absolute atomic E-state index is 14.0. The third-order valence-electron chi connectivity index (χ3n) is 11.1. The van der Waals surface area contributed by atoms with Gasteiger partial charge in [0, 0.05) is 44.2 Å². The van der Waals surface area contributed by atoms with E-state index in [0.717, 1.165) is 38.5 Å². The van der Waals surface area contributed by atoms with Crippen molar-refractivity contribution in [3.05, 3.63) is 53.1 Å². The van der Waals surface area contributed by atoms with E-state index in [-0.39, 0.29) is 51.0 Å². The first-order valence-corrected chi connectivity index (χ1v) is 22.4. The largest absolute Gasteiger partial charge is 0.460 e. The Labute approximate surface area is 370 Å². The zero-order chi connectivity index (χ0) is 46.2. The van der Waals surface area contributed by atoms with Gasteiger partial charge in [-0.05, 0) is 57.7 Å². The van der Waals surface area contributed by atoms with Crippen LogP contribution >= 0.6 is 0 Å². The summed E-state index contributed by atoms with van der Waals surface area (Å²) in [5.74, 6) is -2.93. The molecular weight excluding hydrogens is 821 g/mol. The number of nitrogens with one attached hydrogen (secondary N) is 2. The number of fused-ring (bicyclic) bond motifs is 1. The number of amides is 2. The van der Waals surface area contributed by atoms with Crippen molar-refractivity contribution in [3.63, 3.8) is 0 Å². The maximum atomic E-state index is 14.0. The molecule has 2 saturated heterocycles. The number of hydrogen-bond donors (Lipinski definition) is 7. The van der Waals surface area contributed by atoms with Crippen molar-refractivity contribution >= 4 is 29.8 Å². The molecule has 2 amide bonds. The molecule has 0 bridgehead atoms. The van der Waals surface area contributed by atoms with Crippen LogP contribution < -0.4 is 10.6 Å². The molecule has 17 nitrogen and oxygen atoms in total. The van der Waals surface area contributed by atoms with Gasteiger partial charge in [0.05, 0.1) is 31.4 Å². The minimum atomic E-state index is -1.59. The number of benzene rings is 1. The van der Waals surface area contributed by atoms with Gasteiger partial charge < -0.3 is 64.6 Å². The van der Waals surface area contributed by atoms with Crippen molar-refractivity contribution in [1.82, 2.24) is 10.6 Å². The molecule has 1 aromatic carbocycles. The van der Waals surface area contributed by atoms with Crippen LogP contribution in [0.25, 0.3) is 6.08 Å². The molecule has 63 heavy (non-hydrogen) atoms. The van der Waals surface area contributed by atoms with Crippen LogP contribution in [0.4, 0.5) is 0 Å².